The van der Waals surface area contributed by atoms with E-state index in [9.17, 15) is 39.0 Å². The number of nitrogens with zero attached hydrogens (tertiary/aromatic N) is 12. The number of amides is 9. The molecular weight excluding hydrogens is 1710 g/mol. The lowest BCUT2D eigenvalue weighted by Gasteiger charge is -2.31. The van der Waals surface area contributed by atoms with Gasteiger partial charge < -0.3 is 56.3 Å². The number of rotatable bonds is 23. The number of likely N-dealkylation sites (tertiary alicyclic amines) is 3. The summed E-state index contributed by atoms with van der Waals surface area (Å²) in [4.78, 5) is 122. The molecule has 12 heterocycles. The van der Waals surface area contributed by atoms with Crippen molar-refractivity contribution in [3.63, 3.8) is 0 Å². The van der Waals surface area contributed by atoms with Crippen LogP contribution in [0.1, 0.15) is 91.2 Å². The summed E-state index contributed by atoms with van der Waals surface area (Å²) in [6.07, 6.45) is 10.9. The number of aliphatic hydroxyl groups is 2. The summed E-state index contributed by atoms with van der Waals surface area (Å²) < 4.78 is 17.7. The third kappa shape index (κ3) is 19.3. The van der Waals surface area contributed by atoms with Crippen molar-refractivity contribution in [2.24, 2.45) is 17.8 Å². The van der Waals surface area contributed by atoms with E-state index in [2.05, 4.69) is 95.6 Å². The third-order valence-corrected chi connectivity index (χ3v) is 27.0. The van der Waals surface area contributed by atoms with E-state index in [0.29, 0.717) is 155 Å². The number of ether oxygens (including phenoxy) is 3. The molecule has 0 aliphatic carbocycles. The summed E-state index contributed by atoms with van der Waals surface area (Å²) >= 11 is 3.65. The molecule has 9 amide bonds. The molecule has 21 rings (SSSR count). The first-order valence-corrected chi connectivity index (χ1v) is 45.8. The Labute approximate surface area is 765 Å². The maximum Gasteiger partial charge on any atom is 0.332 e. The number of piperidine rings is 3. The Bertz CT molecular complexity index is 6670. The van der Waals surface area contributed by atoms with Gasteiger partial charge in [-0.05, 0) is 251 Å². The van der Waals surface area contributed by atoms with E-state index in [4.69, 9.17) is 14.2 Å². The number of carbonyl (C=O) groups is 6. The van der Waals surface area contributed by atoms with Crippen molar-refractivity contribution in [2.45, 2.75) is 65.1 Å². The summed E-state index contributed by atoms with van der Waals surface area (Å²) in [5.74, 6) is 5.88. The van der Waals surface area contributed by atoms with E-state index < -0.39 is 18.1 Å². The average molecular weight is 1800 g/mol. The summed E-state index contributed by atoms with van der Waals surface area (Å²) in [7, 11) is 0. The first-order chi connectivity index (χ1) is 64.1. The SMILES string of the molecule is CC1CCN(Cc2ccc(NC(=O)c3sc4ncnc5c4c3NC(=O)N5c3ccc(Oc4ccccc4)cc3)cc2)CC1.O=C(Nc1ccc(CN2CCC(CO)CC2)cc1)c1sc2ncnc3c2c1NC(=O)N3c1ccc(Oc2ccccc2)cc1.O=C(Nc1ccc(CN2CCCC(CO)C2)cc1)c1sc2ncnc3c2c1NC(=O)N3c1ccc(Oc2ccccc2)cc1. The van der Waals surface area contributed by atoms with Crippen LogP contribution in [0.4, 0.5) is 83.0 Å². The highest BCUT2D eigenvalue weighted by molar-refractivity contribution is 7.22. The smallest absolute Gasteiger partial charge is 0.332 e. The highest BCUT2D eigenvalue weighted by Gasteiger charge is 2.38. The minimum Gasteiger partial charge on any atom is -0.457 e. The molecule has 6 aromatic heterocycles. The lowest BCUT2D eigenvalue weighted by molar-refractivity contribution is 0.102. The van der Waals surface area contributed by atoms with Gasteiger partial charge >= 0.3 is 18.1 Å². The topological polar surface area (TPSA) is 340 Å². The molecule has 0 radical (unpaired) electrons. The monoisotopic (exact) mass is 1800 g/mol. The van der Waals surface area contributed by atoms with E-state index in [1.54, 1.807) is 72.8 Å². The van der Waals surface area contributed by atoms with Gasteiger partial charge in [0, 0.05) is 56.5 Å². The number of thiophene rings is 3. The number of anilines is 12. The molecule has 0 bridgehead atoms. The number of benzene rings is 9. The van der Waals surface area contributed by atoms with Crippen molar-refractivity contribution < 1.29 is 53.2 Å². The molecule has 8 N–H and O–H groups in total. The standard InChI is InChI=1S/2C33H30N6O4S.C33H30N6O3S/c40-19-22-5-4-16-38(18-22)17-21-8-10-23(11-9-21)36-31(41)29-28-27-30(34-20-35-32(27)44-29)39(33(42)37-28)24-12-14-26(15-13-24)43-25-6-2-1-3-7-25;40-19-22-14-16-38(17-15-22)18-21-6-8-23(9-7-21)36-31(41)29-28-27-30(34-20-35-32(27)44-29)39(33(42)37-28)24-10-12-26(13-11-24)43-25-4-2-1-3-5-25;1-21-15-17-38(18-16-21)19-22-7-9-23(10-8-22)36-31(40)29-28-27-30(34-20-35-32(27)43-29)39(33(41)37-28)24-11-13-26(14-12-24)42-25-5-3-2-4-6-25/h1-3,6-15,20,22,40H,4-5,16-19H2,(H,36,41)(H,37,42);1-13,20,22,40H,14-19H2,(H,36,41)(H,37,42);2-14,20-21H,15-19H2,1H3,(H,36,40)(H,37,41). The molecule has 0 spiro atoms. The van der Waals surface area contributed by atoms with Gasteiger partial charge in [-0.15, -0.1) is 34.0 Å². The zero-order valence-corrected chi connectivity index (χ0v) is 73.6. The lowest BCUT2D eigenvalue weighted by Crippen LogP contribution is -2.36. The first-order valence-electron chi connectivity index (χ1n) is 43.4. The Morgan fingerprint density at radius 1 is 0.366 bits per heavy atom. The number of aliphatic hydroxyl groups excluding tert-OH is 2. The van der Waals surface area contributed by atoms with Crippen LogP contribution in [0.5, 0.6) is 34.5 Å². The molecule has 15 aromatic rings. The van der Waals surface area contributed by atoms with Crippen molar-refractivity contribution >= 4 is 169 Å². The average Bonchev–Trinajstić information content (AvgIpc) is 1.63. The second-order valence-corrected chi connectivity index (χ2v) is 35.8. The Morgan fingerprint density at radius 2 is 0.672 bits per heavy atom. The molecule has 29 nitrogen and oxygen atoms in total. The molecule has 6 aliphatic heterocycles. The fourth-order valence-electron chi connectivity index (χ4n) is 16.9. The molecule has 9 aromatic carbocycles. The maximum absolute atomic E-state index is 13.5. The van der Waals surface area contributed by atoms with E-state index in [0.717, 1.165) is 107 Å². The van der Waals surface area contributed by atoms with Crippen LogP contribution >= 0.6 is 34.0 Å². The second-order valence-electron chi connectivity index (χ2n) is 32.8. The van der Waals surface area contributed by atoms with Gasteiger partial charge in [-0.2, -0.15) is 0 Å². The van der Waals surface area contributed by atoms with Crippen molar-refractivity contribution in [3.05, 3.63) is 287 Å². The zero-order valence-electron chi connectivity index (χ0n) is 71.2. The predicted molar refractivity (Wildman–Crippen MR) is 512 cm³/mol. The largest absolute Gasteiger partial charge is 0.457 e. The van der Waals surface area contributed by atoms with Crippen LogP contribution in [-0.2, 0) is 19.6 Å². The number of urea groups is 3. The van der Waals surface area contributed by atoms with E-state index in [1.807, 2.05) is 152 Å². The number of nitrogens with one attached hydrogen (secondary N) is 6. The first kappa shape index (κ1) is 85.9. The van der Waals surface area contributed by atoms with Gasteiger partial charge in [-0.1, -0.05) is 97.9 Å². The van der Waals surface area contributed by atoms with Gasteiger partial charge in [0.1, 0.15) is 82.6 Å². The van der Waals surface area contributed by atoms with E-state index in [1.165, 1.54) is 86.1 Å². The quantitative estimate of drug-likeness (QED) is 0.0295. The van der Waals surface area contributed by atoms with Crippen LogP contribution in [0.2, 0.25) is 0 Å². The van der Waals surface area contributed by atoms with Gasteiger partial charge in [0.05, 0.1) is 50.3 Å². The fraction of sp³-hybridized carbons (Fsp3) is 0.212. The summed E-state index contributed by atoms with van der Waals surface area (Å²) in [5, 5.41) is 38.4. The molecule has 0 saturated carbocycles. The highest BCUT2D eigenvalue weighted by Crippen LogP contribution is 2.49. The minimum absolute atomic E-state index is 0.227. The normalized spacial score (nSPS) is 15.7. The Balaban J connectivity index is 0.000000127. The van der Waals surface area contributed by atoms with Gasteiger partial charge in [-0.3, -0.25) is 29.1 Å². The second kappa shape index (κ2) is 38.8. The molecule has 660 valence electrons. The molecule has 3 saturated heterocycles. The maximum atomic E-state index is 13.5. The molecule has 32 heteroatoms. The number of para-hydroxylation sites is 3. The van der Waals surface area contributed by atoms with Crippen molar-refractivity contribution in [2.75, 3.05) is 99.1 Å². The Kier molecular flexibility index (Phi) is 25.5. The number of carbonyl (C=O) groups excluding carboxylic acids is 6. The van der Waals surface area contributed by atoms with Crippen molar-refractivity contribution in [3.8, 4) is 34.5 Å². The van der Waals surface area contributed by atoms with Crippen molar-refractivity contribution in [1.29, 1.82) is 0 Å². The lowest BCUT2D eigenvalue weighted by atomic mass is 9.97. The molecule has 6 aliphatic rings. The summed E-state index contributed by atoms with van der Waals surface area (Å²) in [6, 6.07) is 72.2. The summed E-state index contributed by atoms with van der Waals surface area (Å²) in [6.45, 7) is 11.5. The molecule has 1 unspecified atom stereocenters. The zero-order chi connectivity index (χ0) is 89.4. The molecule has 1 atom stereocenters. The van der Waals surface area contributed by atoms with Crippen LogP contribution < -0.4 is 60.8 Å². The highest BCUT2D eigenvalue weighted by atomic mass is 32.1. The van der Waals surface area contributed by atoms with E-state index >= 15 is 0 Å². The number of hydrogen-bond donors (Lipinski definition) is 8. The van der Waals surface area contributed by atoms with Crippen LogP contribution in [0.25, 0.3) is 30.6 Å². The van der Waals surface area contributed by atoms with Gasteiger partial charge in [0.15, 0.2) is 17.5 Å². The fourth-order valence-corrected chi connectivity index (χ4v) is 19.8. The van der Waals surface area contributed by atoms with Crippen LogP contribution in [0.3, 0.4) is 0 Å². The van der Waals surface area contributed by atoms with Gasteiger partial charge in [-0.25, -0.2) is 59.0 Å². The van der Waals surface area contributed by atoms with Gasteiger partial charge in [0.2, 0.25) is 0 Å². The number of hydrogen-bond acceptors (Lipinski definition) is 23. The van der Waals surface area contributed by atoms with Crippen LogP contribution in [0.15, 0.2) is 256 Å². The third-order valence-electron chi connectivity index (χ3n) is 23.7. The predicted octanol–water partition coefficient (Wildman–Crippen LogP) is 20.9. The van der Waals surface area contributed by atoms with E-state index in [-0.39, 0.29) is 30.9 Å². The number of aromatic nitrogens is 6. The summed E-state index contributed by atoms with van der Waals surface area (Å²) in [5.41, 5.74) is 8.59. The minimum atomic E-state index is -0.424. The Hall–Kier alpha value is -14.5. The molecule has 131 heavy (non-hydrogen) atoms. The Morgan fingerprint density at radius 3 is 0.992 bits per heavy atom. The van der Waals surface area contributed by atoms with Crippen molar-refractivity contribution in [1.82, 2.24) is 44.6 Å². The molecular formula is C99H90N18O11S3. The van der Waals surface area contributed by atoms with Crippen LogP contribution in [0, 0.1) is 17.8 Å². The molecule has 3 fully saturated rings. The van der Waals surface area contributed by atoms with Gasteiger partial charge in [0.25, 0.3) is 17.7 Å². The van der Waals surface area contributed by atoms with Crippen LogP contribution in [-0.4, -0.2) is 143 Å².